The summed E-state index contributed by atoms with van der Waals surface area (Å²) in [6, 6.07) is 6.62. The summed E-state index contributed by atoms with van der Waals surface area (Å²) in [4.78, 5) is 24.7. The number of aliphatic hydroxyl groups excluding tert-OH is 1. The minimum atomic E-state index is -4.53. The van der Waals surface area contributed by atoms with Crippen LogP contribution in [0.1, 0.15) is 40.8 Å². The Morgan fingerprint density at radius 3 is 2.62 bits per heavy atom. The summed E-state index contributed by atoms with van der Waals surface area (Å²) in [5.41, 5.74) is 3.70. The maximum absolute atomic E-state index is 16.3. The fraction of sp³-hybridized carbons (Fsp3) is 0.520. The van der Waals surface area contributed by atoms with Crippen LogP contribution >= 0.6 is 7.75 Å². The maximum Gasteiger partial charge on any atom is 0.459 e. The number of carbonyl (C=O) groups excluding carboxylic acids is 1. The molecular weight excluding hydrogens is 578 g/mol. The zero-order valence-corrected chi connectivity index (χ0v) is 24.5. The Morgan fingerprint density at radius 2 is 1.98 bits per heavy atom. The Kier molecular flexibility index (Phi) is 9.06. The lowest BCUT2D eigenvalue weighted by Crippen LogP contribution is -2.49. The van der Waals surface area contributed by atoms with Crippen LogP contribution in [0.5, 0.6) is 11.6 Å². The van der Waals surface area contributed by atoms with Crippen molar-refractivity contribution in [3.8, 4) is 11.6 Å². The number of hydrogen-bond donors (Lipinski definition) is 4. The third kappa shape index (κ3) is 6.48. The van der Waals surface area contributed by atoms with Crippen molar-refractivity contribution in [2.75, 3.05) is 18.9 Å². The first-order chi connectivity index (χ1) is 19.7. The molecule has 1 aliphatic rings. The number of benzene rings is 1. The average molecular weight is 613 g/mol. The summed E-state index contributed by atoms with van der Waals surface area (Å²) < 4.78 is 58.2. The number of ether oxygens (including phenoxy) is 3. The van der Waals surface area contributed by atoms with Crippen molar-refractivity contribution in [3.05, 3.63) is 36.7 Å². The van der Waals surface area contributed by atoms with Gasteiger partial charge in [0.25, 0.3) is 5.85 Å². The van der Waals surface area contributed by atoms with E-state index in [2.05, 4.69) is 20.0 Å². The summed E-state index contributed by atoms with van der Waals surface area (Å²) >= 11 is 0. The highest BCUT2D eigenvalue weighted by Crippen LogP contribution is 2.51. The Labute approximate surface area is 240 Å². The minimum absolute atomic E-state index is 0.0332. The van der Waals surface area contributed by atoms with Gasteiger partial charge in [0.15, 0.2) is 17.4 Å². The Bertz CT molecular complexity index is 1460. The Balaban J connectivity index is 1.61. The zero-order chi connectivity index (χ0) is 30.9. The number of nitrogens with zero attached hydrogens (tertiary/aromatic N) is 4. The van der Waals surface area contributed by atoms with Gasteiger partial charge in [-0.1, -0.05) is 18.2 Å². The molecule has 1 saturated heterocycles. The number of nitrogen functional groups attached to an aromatic ring is 1. The molecule has 6 atom stereocenters. The number of alkyl halides is 1. The third-order valence-electron chi connectivity index (χ3n) is 6.17. The van der Waals surface area contributed by atoms with Crippen molar-refractivity contribution in [1.82, 2.24) is 24.6 Å². The second-order valence-electron chi connectivity index (χ2n) is 10.0. The van der Waals surface area contributed by atoms with Crippen LogP contribution in [0.2, 0.25) is 0 Å². The van der Waals surface area contributed by atoms with Gasteiger partial charge in [0.1, 0.15) is 30.1 Å². The van der Waals surface area contributed by atoms with Gasteiger partial charge in [0.05, 0.1) is 19.0 Å². The van der Waals surface area contributed by atoms with E-state index in [0.717, 1.165) is 11.5 Å². The number of imidazole rings is 1. The molecule has 15 nitrogen and oxygen atoms in total. The molecule has 17 heteroatoms. The van der Waals surface area contributed by atoms with Crippen LogP contribution in [0.3, 0.4) is 0 Å². The van der Waals surface area contributed by atoms with Crippen molar-refractivity contribution < 1.29 is 47.2 Å². The van der Waals surface area contributed by atoms with Crippen molar-refractivity contribution in [2.24, 2.45) is 0 Å². The number of nitrogens with two attached hydrogens (primary N) is 1. The molecule has 0 aliphatic carbocycles. The van der Waals surface area contributed by atoms with E-state index in [4.69, 9.17) is 29.0 Å². The van der Waals surface area contributed by atoms with Crippen LogP contribution in [0, 0.1) is 0 Å². The summed E-state index contributed by atoms with van der Waals surface area (Å²) in [5.74, 6) is -3.95. The van der Waals surface area contributed by atoms with Crippen molar-refractivity contribution >= 4 is 30.8 Å². The Morgan fingerprint density at radius 1 is 1.29 bits per heavy atom. The molecule has 5 N–H and O–H groups in total. The van der Waals surface area contributed by atoms with E-state index in [9.17, 15) is 19.6 Å². The number of fused-ring (bicyclic) bond motifs is 1. The number of anilines is 1. The third-order valence-corrected chi connectivity index (χ3v) is 7.79. The van der Waals surface area contributed by atoms with Crippen molar-refractivity contribution in [3.63, 3.8) is 0 Å². The molecular formula is C25H34FN6O9P. The number of nitrogens with one attached hydrogen (secondary N) is 1. The van der Waals surface area contributed by atoms with Crippen LogP contribution in [-0.2, 0) is 23.4 Å². The molecule has 0 radical (unpaired) electrons. The molecule has 3 heterocycles. The van der Waals surface area contributed by atoms with Gasteiger partial charge < -0.3 is 34.7 Å². The SMILES string of the molecule is CCOc1nc(N)nc2c1ncn2[C@@H]1O[C@](F)(COP(=O)(N[C@@H](C)C(=O)OC(C)C)Oc2ccccc2)[C@@H](O)[C@@]1(C)O. The molecule has 42 heavy (non-hydrogen) atoms. The van der Waals surface area contributed by atoms with Crippen LogP contribution in [-0.4, -0.2) is 78.6 Å². The second-order valence-corrected chi connectivity index (χ2v) is 11.7. The highest BCUT2D eigenvalue weighted by atomic mass is 31.2. The summed E-state index contributed by atoms with van der Waals surface area (Å²) in [5, 5.41) is 24.5. The van der Waals surface area contributed by atoms with Gasteiger partial charge in [-0.05, 0) is 46.8 Å². The monoisotopic (exact) mass is 612 g/mol. The molecule has 3 aromatic rings. The van der Waals surface area contributed by atoms with Gasteiger partial charge >= 0.3 is 13.7 Å². The van der Waals surface area contributed by atoms with Gasteiger partial charge in [-0.3, -0.25) is 13.9 Å². The molecule has 4 rings (SSSR count). The number of rotatable bonds is 12. The first kappa shape index (κ1) is 31.5. The fourth-order valence-corrected chi connectivity index (χ4v) is 5.72. The number of aliphatic hydroxyl groups is 2. The summed E-state index contributed by atoms with van der Waals surface area (Å²) in [7, 11) is -4.53. The van der Waals surface area contributed by atoms with Crippen molar-refractivity contribution in [1.29, 1.82) is 0 Å². The van der Waals surface area contributed by atoms with E-state index < -0.39 is 56.3 Å². The normalized spacial score (nSPS) is 26.2. The molecule has 1 aromatic carbocycles. The molecule has 2 aromatic heterocycles. The lowest BCUT2D eigenvalue weighted by atomic mass is 9.95. The van der Waals surface area contributed by atoms with Crippen LogP contribution in [0.15, 0.2) is 36.7 Å². The van der Waals surface area contributed by atoms with Gasteiger partial charge in [-0.2, -0.15) is 15.1 Å². The topological polar surface area (TPSA) is 202 Å². The van der Waals surface area contributed by atoms with Crippen LogP contribution in [0.4, 0.5) is 10.3 Å². The number of hydrogen-bond acceptors (Lipinski definition) is 13. The lowest BCUT2D eigenvalue weighted by Gasteiger charge is -2.29. The van der Waals surface area contributed by atoms with Crippen LogP contribution < -0.4 is 20.1 Å². The van der Waals surface area contributed by atoms with E-state index in [1.54, 1.807) is 39.0 Å². The van der Waals surface area contributed by atoms with Gasteiger partial charge in [0.2, 0.25) is 11.8 Å². The first-order valence-electron chi connectivity index (χ1n) is 13.1. The van der Waals surface area contributed by atoms with E-state index in [1.807, 2.05) is 0 Å². The van der Waals surface area contributed by atoms with Crippen LogP contribution in [0.25, 0.3) is 11.2 Å². The molecule has 0 saturated carbocycles. The number of aromatic nitrogens is 4. The standard InChI is InChI=1S/C25H34FN6O9P/c1-6-37-19-17-18(29-23(27)30-19)32(13-28-17)22-24(5,35)21(34)25(26,40-22)12-38-42(36,41-16-10-8-7-9-11-16)31-15(4)20(33)39-14(2)3/h7-11,13-15,21-22,34-35H,6,12H2,1-5H3,(H,31,36)(H2,27,29,30)/t15-,21-,22+,24+,25+,42?/m0/s1. The fourth-order valence-electron chi connectivity index (χ4n) is 4.22. The lowest BCUT2D eigenvalue weighted by molar-refractivity contribution is -0.202. The van der Waals surface area contributed by atoms with Gasteiger partial charge in [-0.25, -0.2) is 13.9 Å². The van der Waals surface area contributed by atoms with E-state index >= 15 is 4.39 Å². The number of carbonyl (C=O) groups is 1. The highest BCUT2D eigenvalue weighted by molar-refractivity contribution is 7.52. The van der Waals surface area contributed by atoms with Crippen molar-refractivity contribution in [2.45, 2.75) is 70.6 Å². The van der Waals surface area contributed by atoms with E-state index in [-0.39, 0.29) is 35.3 Å². The van der Waals surface area contributed by atoms with Gasteiger partial charge in [0, 0.05) is 0 Å². The molecule has 1 aliphatic heterocycles. The zero-order valence-electron chi connectivity index (χ0n) is 23.6. The molecule has 0 bridgehead atoms. The van der Waals surface area contributed by atoms with Gasteiger partial charge in [-0.15, -0.1) is 0 Å². The van der Waals surface area contributed by atoms with E-state index in [1.165, 1.54) is 25.4 Å². The maximum atomic E-state index is 16.3. The number of para-hydroxylation sites is 1. The average Bonchev–Trinajstić information content (AvgIpc) is 3.40. The smallest absolute Gasteiger partial charge is 0.459 e. The number of esters is 1. The predicted molar refractivity (Wildman–Crippen MR) is 146 cm³/mol. The second kappa shape index (κ2) is 12.1. The largest absolute Gasteiger partial charge is 0.476 e. The molecule has 1 fully saturated rings. The highest BCUT2D eigenvalue weighted by Gasteiger charge is 2.64. The quantitative estimate of drug-likeness (QED) is 0.171. The number of halogens is 1. The molecule has 0 amide bonds. The first-order valence-corrected chi connectivity index (χ1v) is 14.6. The molecule has 230 valence electrons. The molecule has 1 unspecified atom stereocenters. The minimum Gasteiger partial charge on any atom is -0.476 e. The Hall–Kier alpha value is -3.40. The van der Waals surface area contributed by atoms with E-state index in [0.29, 0.717) is 0 Å². The predicted octanol–water partition coefficient (Wildman–Crippen LogP) is 2.25. The molecule has 0 spiro atoms. The summed E-state index contributed by atoms with van der Waals surface area (Å²) in [6.45, 7) is 6.53. The summed E-state index contributed by atoms with van der Waals surface area (Å²) in [6.07, 6.45) is -3.12.